The number of esters is 2. The van der Waals surface area contributed by atoms with E-state index in [1.807, 2.05) is 48.5 Å². The van der Waals surface area contributed by atoms with Crippen molar-refractivity contribution < 1.29 is 38.1 Å². The van der Waals surface area contributed by atoms with E-state index < -0.39 is 58.0 Å². The van der Waals surface area contributed by atoms with E-state index in [1.54, 1.807) is 0 Å². The zero-order chi connectivity index (χ0) is 28.0. The molecule has 1 saturated heterocycles. The van der Waals surface area contributed by atoms with Gasteiger partial charge < -0.3 is 23.7 Å². The van der Waals surface area contributed by atoms with Gasteiger partial charge in [0, 0.05) is 23.7 Å². The van der Waals surface area contributed by atoms with Crippen LogP contribution in [-0.4, -0.2) is 52.8 Å². The van der Waals surface area contributed by atoms with Gasteiger partial charge in [-0.3, -0.25) is 9.59 Å². The summed E-state index contributed by atoms with van der Waals surface area (Å²) in [6.07, 6.45) is 1.88. The molecule has 3 fully saturated rings. The molecule has 1 aromatic heterocycles. The minimum Gasteiger partial charge on any atom is -0.472 e. The van der Waals surface area contributed by atoms with Crippen molar-refractivity contribution in [3.8, 4) is 0 Å². The molecule has 2 saturated carbocycles. The minimum atomic E-state index is -1.56. The quantitative estimate of drug-likeness (QED) is 0.451. The van der Waals surface area contributed by atoms with Crippen molar-refractivity contribution in [1.82, 2.24) is 0 Å². The summed E-state index contributed by atoms with van der Waals surface area (Å²) in [7, 11) is 0. The topological polar surface area (TPSA) is 112 Å². The molecule has 0 spiro atoms. The van der Waals surface area contributed by atoms with Gasteiger partial charge in [0.1, 0.15) is 29.9 Å². The lowest BCUT2D eigenvalue weighted by Crippen LogP contribution is -2.80. The Kier molecular flexibility index (Phi) is 6.08. The van der Waals surface area contributed by atoms with Gasteiger partial charge >= 0.3 is 11.9 Å². The fourth-order valence-corrected chi connectivity index (χ4v) is 8.52. The van der Waals surface area contributed by atoms with Gasteiger partial charge in [0.2, 0.25) is 0 Å². The highest BCUT2D eigenvalue weighted by Gasteiger charge is 2.76. The largest absolute Gasteiger partial charge is 0.472 e. The Bertz CT molecular complexity index is 1200. The molecule has 208 valence electrons. The lowest BCUT2D eigenvalue weighted by Gasteiger charge is -2.68. The Hall–Kier alpha value is -2.45. The van der Waals surface area contributed by atoms with E-state index >= 15 is 0 Å². The SMILES string of the molecule is CC(=O)O[C@@]12CO[C@@H]1C[C@H](C)[C@@]1(C)C(=O)[C@H](C)C3=C(C)[C@@H](C)C[C@@](O)([C@@H](OC(=O)c4ccoc4)[C@H]21)C3(C)C. The summed E-state index contributed by atoms with van der Waals surface area (Å²) in [5.74, 6) is -2.71. The molecule has 0 amide bonds. The van der Waals surface area contributed by atoms with Gasteiger partial charge in [0.05, 0.1) is 24.4 Å². The highest BCUT2D eigenvalue weighted by Crippen LogP contribution is 2.66. The second-order valence-corrected chi connectivity index (χ2v) is 12.9. The summed E-state index contributed by atoms with van der Waals surface area (Å²) in [6, 6.07) is 1.51. The smallest absolute Gasteiger partial charge is 0.341 e. The van der Waals surface area contributed by atoms with Gasteiger partial charge in [0.15, 0.2) is 5.60 Å². The molecular weight excluding hydrogens is 488 g/mol. The van der Waals surface area contributed by atoms with Crippen LogP contribution in [0.2, 0.25) is 0 Å². The second-order valence-electron chi connectivity index (χ2n) is 12.9. The van der Waals surface area contributed by atoms with Crippen LogP contribution in [0.25, 0.3) is 0 Å². The number of aliphatic hydroxyl groups is 1. The number of rotatable bonds is 3. The Morgan fingerprint density at radius 3 is 2.39 bits per heavy atom. The minimum absolute atomic E-state index is 0.00909. The number of furan rings is 1. The standard InChI is InChI=1S/C30H40O8/c1-15-12-30(34)25(37-26(33)20-9-10-35-13-20)23-28(8,24(32)18(4)22(17(15)3)27(30,6)7)16(2)11-21-29(23,14-36-21)38-19(5)31/h9-10,13,15-16,18,21,23,25,34H,11-12,14H2,1-8H3/t15-,16-,18+,21+,23-,25-,28+,29-,30+/m0/s1. The molecule has 2 bridgehead atoms. The van der Waals surface area contributed by atoms with Crippen LogP contribution in [-0.2, 0) is 23.8 Å². The number of ketones is 1. The molecule has 1 aliphatic heterocycles. The van der Waals surface area contributed by atoms with Crippen LogP contribution in [0.15, 0.2) is 34.2 Å². The van der Waals surface area contributed by atoms with E-state index in [-0.39, 0.29) is 29.8 Å². The fourth-order valence-electron chi connectivity index (χ4n) is 8.52. The molecule has 9 atom stereocenters. The van der Waals surface area contributed by atoms with Crippen molar-refractivity contribution >= 4 is 17.7 Å². The lowest BCUT2D eigenvalue weighted by molar-refractivity contribution is -0.339. The number of ether oxygens (including phenoxy) is 3. The van der Waals surface area contributed by atoms with Gasteiger partial charge in [-0.2, -0.15) is 0 Å². The molecule has 0 aromatic carbocycles. The zero-order valence-electron chi connectivity index (χ0n) is 23.6. The Morgan fingerprint density at radius 1 is 1.16 bits per heavy atom. The number of carbonyl (C=O) groups excluding carboxylic acids is 3. The first-order valence-corrected chi connectivity index (χ1v) is 13.6. The number of fused-ring (bicyclic) bond motifs is 5. The van der Waals surface area contributed by atoms with Crippen LogP contribution >= 0.6 is 0 Å². The predicted octanol–water partition coefficient (Wildman–Crippen LogP) is 4.50. The molecule has 38 heavy (non-hydrogen) atoms. The molecule has 8 nitrogen and oxygen atoms in total. The average Bonchev–Trinajstić information content (AvgIpc) is 3.37. The maximum atomic E-state index is 14.7. The van der Waals surface area contributed by atoms with Crippen LogP contribution in [0.5, 0.6) is 0 Å². The van der Waals surface area contributed by atoms with E-state index in [4.69, 9.17) is 18.6 Å². The van der Waals surface area contributed by atoms with Crippen molar-refractivity contribution in [2.45, 2.75) is 91.6 Å². The molecule has 2 heterocycles. The molecule has 1 aromatic rings. The molecule has 0 radical (unpaired) electrons. The van der Waals surface area contributed by atoms with Crippen LogP contribution < -0.4 is 0 Å². The van der Waals surface area contributed by atoms with Gasteiger partial charge in [-0.1, -0.05) is 52.7 Å². The van der Waals surface area contributed by atoms with Crippen molar-refractivity contribution in [2.75, 3.05) is 6.61 Å². The molecule has 3 aliphatic carbocycles. The summed E-state index contributed by atoms with van der Waals surface area (Å²) in [4.78, 5) is 40.8. The summed E-state index contributed by atoms with van der Waals surface area (Å²) < 4.78 is 23.5. The van der Waals surface area contributed by atoms with E-state index in [0.717, 1.165) is 11.1 Å². The maximum Gasteiger partial charge on any atom is 0.341 e. The zero-order valence-corrected chi connectivity index (χ0v) is 23.6. The molecule has 1 N–H and O–H groups in total. The van der Waals surface area contributed by atoms with Gasteiger partial charge in [0.25, 0.3) is 0 Å². The number of Topliss-reactive ketones (excluding diaryl/α,β-unsaturated/α-hetero) is 1. The first kappa shape index (κ1) is 27.1. The first-order valence-electron chi connectivity index (χ1n) is 13.6. The third-order valence-electron chi connectivity index (χ3n) is 10.8. The highest BCUT2D eigenvalue weighted by atomic mass is 16.6. The van der Waals surface area contributed by atoms with E-state index in [1.165, 1.54) is 25.5 Å². The van der Waals surface area contributed by atoms with E-state index in [0.29, 0.717) is 12.8 Å². The number of allylic oxidation sites excluding steroid dienone is 1. The molecule has 4 aliphatic rings. The van der Waals surface area contributed by atoms with Gasteiger partial charge in [-0.05, 0) is 37.7 Å². The van der Waals surface area contributed by atoms with Crippen LogP contribution in [0.4, 0.5) is 0 Å². The third-order valence-corrected chi connectivity index (χ3v) is 10.8. The highest BCUT2D eigenvalue weighted by molar-refractivity contribution is 5.92. The molecular formula is C30H40O8. The van der Waals surface area contributed by atoms with E-state index in [9.17, 15) is 19.5 Å². The summed E-state index contributed by atoms with van der Waals surface area (Å²) >= 11 is 0. The predicted molar refractivity (Wildman–Crippen MR) is 137 cm³/mol. The Balaban J connectivity index is 1.82. The second kappa shape index (κ2) is 8.52. The van der Waals surface area contributed by atoms with E-state index in [2.05, 4.69) is 0 Å². The van der Waals surface area contributed by atoms with Crippen molar-refractivity contribution in [3.05, 3.63) is 35.3 Å². The Labute approximate surface area is 224 Å². The van der Waals surface area contributed by atoms with Crippen molar-refractivity contribution in [2.24, 2.45) is 34.5 Å². The summed E-state index contributed by atoms with van der Waals surface area (Å²) in [5.41, 5.74) is -2.58. The first-order chi connectivity index (χ1) is 17.6. The van der Waals surface area contributed by atoms with Crippen molar-refractivity contribution in [1.29, 1.82) is 0 Å². The fraction of sp³-hybridized carbons (Fsp3) is 0.700. The van der Waals surface area contributed by atoms with Gasteiger partial charge in [-0.15, -0.1) is 0 Å². The third kappa shape index (κ3) is 3.32. The molecule has 8 heteroatoms. The van der Waals surface area contributed by atoms with Crippen LogP contribution in [0, 0.1) is 34.5 Å². The molecule has 0 unspecified atom stereocenters. The number of hydrogen-bond donors (Lipinski definition) is 1. The summed E-state index contributed by atoms with van der Waals surface area (Å²) in [5, 5.41) is 12.9. The number of carbonyl (C=O) groups is 3. The summed E-state index contributed by atoms with van der Waals surface area (Å²) in [6.45, 7) is 15.2. The normalized spacial score (nSPS) is 43.7. The molecule has 5 rings (SSSR count). The lowest BCUT2D eigenvalue weighted by atomic mass is 9.42. The van der Waals surface area contributed by atoms with Gasteiger partial charge in [-0.25, -0.2) is 4.79 Å². The number of hydrogen-bond acceptors (Lipinski definition) is 8. The maximum absolute atomic E-state index is 14.7. The van der Waals surface area contributed by atoms with Crippen LogP contribution in [0.3, 0.4) is 0 Å². The van der Waals surface area contributed by atoms with Crippen LogP contribution in [0.1, 0.15) is 78.6 Å². The van der Waals surface area contributed by atoms with Crippen molar-refractivity contribution in [3.63, 3.8) is 0 Å². The monoisotopic (exact) mass is 528 g/mol. The Morgan fingerprint density at radius 2 is 1.84 bits per heavy atom. The average molecular weight is 529 g/mol.